The first-order valence-corrected chi connectivity index (χ1v) is 7.63. The number of benzene rings is 2. The lowest BCUT2D eigenvalue weighted by Crippen LogP contribution is -2.15. The third kappa shape index (κ3) is 4.06. The molecular formula is C14H8Br2ClNO3. The van der Waals surface area contributed by atoms with Gasteiger partial charge in [-0.3, -0.25) is 4.79 Å². The molecule has 0 fully saturated rings. The number of hydrogen-bond acceptors (Lipinski definition) is 2. The molecule has 0 aliphatic carbocycles. The largest absolute Gasteiger partial charge is 0.478 e. The molecule has 2 rings (SSSR count). The summed E-state index contributed by atoms with van der Waals surface area (Å²) in [6.45, 7) is 0. The van der Waals surface area contributed by atoms with Crippen LogP contribution in [0.4, 0.5) is 5.69 Å². The van der Waals surface area contributed by atoms with Gasteiger partial charge in [0.25, 0.3) is 5.91 Å². The van der Waals surface area contributed by atoms with E-state index in [0.29, 0.717) is 19.5 Å². The van der Waals surface area contributed by atoms with E-state index in [1.807, 2.05) is 0 Å². The van der Waals surface area contributed by atoms with E-state index >= 15 is 0 Å². The Kier molecular flexibility index (Phi) is 5.03. The molecule has 2 aromatic carbocycles. The number of rotatable bonds is 3. The van der Waals surface area contributed by atoms with Crippen molar-refractivity contribution in [2.75, 3.05) is 5.32 Å². The second kappa shape index (κ2) is 6.60. The molecule has 0 atom stereocenters. The molecule has 0 saturated heterocycles. The predicted octanol–water partition coefficient (Wildman–Crippen LogP) is 4.82. The molecule has 0 saturated carbocycles. The van der Waals surface area contributed by atoms with Gasteiger partial charge < -0.3 is 10.4 Å². The molecule has 0 bridgehead atoms. The summed E-state index contributed by atoms with van der Waals surface area (Å²) in [5, 5.41) is 12.1. The monoisotopic (exact) mass is 431 g/mol. The van der Waals surface area contributed by atoms with Crippen LogP contribution in [0.15, 0.2) is 45.3 Å². The van der Waals surface area contributed by atoms with Gasteiger partial charge in [0.2, 0.25) is 0 Å². The Morgan fingerprint density at radius 2 is 1.76 bits per heavy atom. The van der Waals surface area contributed by atoms with Gasteiger partial charge in [-0.05, 0) is 36.4 Å². The van der Waals surface area contributed by atoms with Crippen LogP contribution in [0.2, 0.25) is 5.02 Å². The standard InChI is InChI=1S/C14H8Br2ClNO3/c15-8-1-2-12(11(6-8)14(20)21)18-13(19)7-3-9(16)5-10(17)4-7/h1-6H,(H,18,19)(H,20,21). The quantitative estimate of drug-likeness (QED) is 0.730. The summed E-state index contributed by atoms with van der Waals surface area (Å²) in [6.07, 6.45) is 0. The third-order valence-electron chi connectivity index (χ3n) is 2.58. The molecule has 0 unspecified atom stereocenters. The summed E-state index contributed by atoms with van der Waals surface area (Å²) in [6, 6.07) is 9.34. The topological polar surface area (TPSA) is 66.4 Å². The first-order chi connectivity index (χ1) is 9.86. The Balaban J connectivity index is 2.33. The van der Waals surface area contributed by atoms with Crippen molar-refractivity contribution in [3.8, 4) is 0 Å². The number of amides is 1. The van der Waals surface area contributed by atoms with Crippen LogP contribution in [-0.4, -0.2) is 17.0 Å². The summed E-state index contributed by atoms with van der Waals surface area (Å²) in [5.41, 5.74) is 0.541. The zero-order chi connectivity index (χ0) is 15.6. The van der Waals surface area contributed by atoms with Crippen molar-refractivity contribution >= 4 is 61.0 Å². The minimum Gasteiger partial charge on any atom is -0.478 e. The van der Waals surface area contributed by atoms with Gasteiger partial charge in [-0.25, -0.2) is 4.79 Å². The number of aromatic carboxylic acids is 1. The Labute approximate surface area is 142 Å². The zero-order valence-electron chi connectivity index (χ0n) is 10.4. The van der Waals surface area contributed by atoms with Crippen LogP contribution >= 0.6 is 43.5 Å². The van der Waals surface area contributed by atoms with Gasteiger partial charge in [0.1, 0.15) is 0 Å². The van der Waals surface area contributed by atoms with E-state index in [2.05, 4.69) is 37.2 Å². The molecule has 0 spiro atoms. The van der Waals surface area contributed by atoms with Gasteiger partial charge in [0, 0.05) is 19.5 Å². The second-order valence-electron chi connectivity index (χ2n) is 4.11. The van der Waals surface area contributed by atoms with E-state index in [-0.39, 0.29) is 11.3 Å². The summed E-state index contributed by atoms with van der Waals surface area (Å²) >= 11 is 12.3. The Morgan fingerprint density at radius 1 is 1.05 bits per heavy atom. The van der Waals surface area contributed by atoms with Gasteiger partial charge in [-0.15, -0.1) is 0 Å². The number of carboxylic acid groups (broad SMARTS) is 1. The van der Waals surface area contributed by atoms with Crippen molar-refractivity contribution < 1.29 is 14.7 Å². The number of nitrogens with one attached hydrogen (secondary N) is 1. The highest BCUT2D eigenvalue weighted by Crippen LogP contribution is 2.24. The molecule has 0 aromatic heterocycles. The fourth-order valence-corrected chi connectivity index (χ4v) is 2.90. The van der Waals surface area contributed by atoms with Crippen LogP contribution in [0.25, 0.3) is 0 Å². The minimum atomic E-state index is -1.13. The lowest BCUT2D eigenvalue weighted by Gasteiger charge is -2.09. The molecule has 108 valence electrons. The molecule has 0 aliphatic rings. The van der Waals surface area contributed by atoms with Gasteiger partial charge >= 0.3 is 5.97 Å². The Morgan fingerprint density at radius 3 is 2.38 bits per heavy atom. The highest BCUT2D eigenvalue weighted by Gasteiger charge is 2.14. The first-order valence-electron chi connectivity index (χ1n) is 5.67. The van der Waals surface area contributed by atoms with Crippen molar-refractivity contribution in [3.05, 3.63) is 61.5 Å². The first kappa shape index (κ1) is 16.0. The molecule has 0 aliphatic heterocycles. The molecule has 2 N–H and O–H groups in total. The molecular weight excluding hydrogens is 425 g/mol. The highest BCUT2D eigenvalue weighted by atomic mass is 79.9. The van der Waals surface area contributed by atoms with E-state index < -0.39 is 11.9 Å². The van der Waals surface area contributed by atoms with Crippen LogP contribution in [-0.2, 0) is 0 Å². The minimum absolute atomic E-state index is 0.00109. The fraction of sp³-hybridized carbons (Fsp3) is 0. The lowest BCUT2D eigenvalue weighted by atomic mass is 10.1. The molecule has 2 aromatic rings. The average molecular weight is 433 g/mol. The molecule has 1 amide bonds. The predicted molar refractivity (Wildman–Crippen MR) is 88.2 cm³/mol. The summed E-state index contributed by atoms with van der Waals surface area (Å²) in [4.78, 5) is 23.4. The van der Waals surface area contributed by atoms with Gasteiger partial charge in [0.15, 0.2) is 0 Å². The normalized spacial score (nSPS) is 10.2. The number of carboxylic acids is 1. The third-order valence-corrected chi connectivity index (χ3v) is 3.75. The maximum Gasteiger partial charge on any atom is 0.337 e. The fourth-order valence-electron chi connectivity index (χ4n) is 1.68. The van der Waals surface area contributed by atoms with Crippen molar-refractivity contribution in [1.82, 2.24) is 0 Å². The van der Waals surface area contributed by atoms with E-state index in [1.54, 1.807) is 18.2 Å². The summed E-state index contributed by atoms with van der Waals surface area (Å²) in [5.74, 6) is -1.57. The van der Waals surface area contributed by atoms with Gasteiger partial charge in [0.05, 0.1) is 11.3 Å². The van der Waals surface area contributed by atoms with E-state index in [1.165, 1.54) is 18.2 Å². The number of carbonyl (C=O) groups is 2. The number of anilines is 1. The van der Waals surface area contributed by atoms with Crippen molar-refractivity contribution in [3.63, 3.8) is 0 Å². The molecule has 0 heterocycles. The number of carbonyl (C=O) groups excluding carboxylic acids is 1. The average Bonchev–Trinajstić information content (AvgIpc) is 2.39. The van der Waals surface area contributed by atoms with Crippen LogP contribution < -0.4 is 5.32 Å². The van der Waals surface area contributed by atoms with Crippen molar-refractivity contribution in [1.29, 1.82) is 0 Å². The van der Waals surface area contributed by atoms with Crippen LogP contribution in [0.1, 0.15) is 20.7 Å². The number of halogens is 3. The second-order valence-corrected chi connectivity index (χ2v) is 6.38. The number of hydrogen-bond donors (Lipinski definition) is 2. The lowest BCUT2D eigenvalue weighted by molar-refractivity contribution is 0.0698. The van der Waals surface area contributed by atoms with Crippen LogP contribution in [0.5, 0.6) is 0 Å². The molecule has 4 nitrogen and oxygen atoms in total. The summed E-state index contributed by atoms with van der Waals surface area (Å²) < 4.78 is 1.28. The SMILES string of the molecule is O=C(Nc1ccc(Br)cc1C(=O)O)c1cc(Cl)cc(Br)c1. The Bertz CT molecular complexity index is 714. The zero-order valence-corrected chi connectivity index (χ0v) is 14.3. The van der Waals surface area contributed by atoms with E-state index in [4.69, 9.17) is 16.7 Å². The maximum atomic E-state index is 12.2. The van der Waals surface area contributed by atoms with Crippen LogP contribution in [0.3, 0.4) is 0 Å². The van der Waals surface area contributed by atoms with Gasteiger partial charge in [-0.1, -0.05) is 43.5 Å². The van der Waals surface area contributed by atoms with Crippen molar-refractivity contribution in [2.45, 2.75) is 0 Å². The molecule has 0 radical (unpaired) electrons. The smallest absolute Gasteiger partial charge is 0.337 e. The Hall–Kier alpha value is -1.37. The van der Waals surface area contributed by atoms with E-state index in [9.17, 15) is 9.59 Å². The van der Waals surface area contributed by atoms with Crippen molar-refractivity contribution in [2.24, 2.45) is 0 Å². The highest BCUT2D eigenvalue weighted by molar-refractivity contribution is 9.10. The molecule has 21 heavy (non-hydrogen) atoms. The van der Waals surface area contributed by atoms with Crippen LogP contribution in [0, 0.1) is 0 Å². The molecule has 7 heteroatoms. The van der Waals surface area contributed by atoms with E-state index in [0.717, 1.165) is 0 Å². The van der Waals surface area contributed by atoms with Gasteiger partial charge in [-0.2, -0.15) is 0 Å². The summed E-state index contributed by atoms with van der Waals surface area (Å²) in [7, 11) is 0. The maximum absolute atomic E-state index is 12.2.